The standard InChI is InChI=1S/C6H10O6/c7-1-2(8)4(10)6(12)5(11)3(1)9/h1-5,7-11H/t1?,2-,3?,4-,5?/m0/s1. The fraction of sp³-hybridized carbons (Fsp3) is 0.833. The highest BCUT2D eigenvalue weighted by atomic mass is 16.4. The van der Waals surface area contributed by atoms with Gasteiger partial charge in [-0.25, -0.2) is 0 Å². The number of carbonyl (C=O) groups is 1. The molecule has 0 aromatic rings. The molecule has 1 aliphatic rings. The van der Waals surface area contributed by atoms with Crippen LogP contribution in [0.15, 0.2) is 0 Å². The van der Waals surface area contributed by atoms with Gasteiger partial charge in [-0.3, -0.25) is 4.79 Å². The monoisotopic (exact) mass is 178 g/mol. The van der Waals surface area contributed by atoms with Gasteiger partial charge in [0.2, 0.25) is 0 Å². The van der Waals surface area contributed by atoms with E-state index in [1.807, 2.05) is 0 Å². The maximum Gasteiger partial charge on any atom is 0.195 e. The summed E-state index contributed by atoms with van der Waals surface area (Å²) in [6, 6.07) is 0. The lowest BCUT2D eigenvalue weighted by Crippen LogP contribution is -2.61. The van der Waals surface area contributed by atoms with E-state index in [0.717, 1.165) is 0 Å². The number of Topliss-reactive ketones (excluding diaryl/α,β-unsaturated/α-hetero) is 1. The van der Waals surface area contributed by atoms with Crippen LogP contribution in [0.2, 0.25) is 0 Å². The van der Waals surface area contributed by atoms with Gasteiger partial charge in [-0.2, -0.15) is 0 Å². The van der Waals surface area contributed by atoms with Gasteiger partial charge in [0.15, 0.2) is 5.78 Å². The van der Waals surface area contributed by atoms with Crippen molar-refractivity contribution in [3.63, 3.8) is 0 Å². The zero-order valence-corrected chi connectivity index (χ0v) is 6.03. The number of aliphatic hydroxyl groups is 5. The minimum Gasteiger partial charge on any atom is -0.387 e. The molecule has 1 aliphatic carbocycles. The highest BCUT2D eigenvalue weighted by Gasteiger charge is 2.47. The van der Waals surface area contributed by atoms with Crippen LogP contribution in [0, 0.1) is 0 Å². The van der Waals surface area contributed by atoms with Crippen LogP contribution in [-0.4, -0.2) is 61.8 Å². The molecule has 0 aromatic heterocycles. The fourth-order valence-corrected chi connectivity index (χ4v) is 1.09. The number of rotatable bonds is 0. The van der Waals surface area contributed by atoms with E-state index in [2.05, 4.69) is 0 Å². The Labute approximate surface area is 67.7 Å². The Bertz CT molecular complexity index is 174. The van der Waals surface area contributed by atoms with E-state index in [-0.39, 0.29) is 0 Å². The lowest BCUT2D eigenvalue weighted by molar-refractivity contribution is -0.185. The van der Waals surface area contributed by atoms with Crippen molar-refractivity contribution in [2.45, 2.75) is 30.5 Å². The average Bonchev–Trinajstić information content (AvgIpc) is 2.08. The summed E-state index contributed by atoms with van der Waals surface area (Å²) in [4.78, 5) is 10.8. The summed E-state index contributed by atoms with van der Waals surface area (Å²) in [6.45, 7) is 0. The minimum absolute atomic E-state index is 1.08. The third-order valence-corrected chi connectivity index (χ3v) is 1.93. The van der Waals surface area contributed by atoms with Crippen LogP contribution in [0.3, 0.4) is 0 Å². The first-order valence-electron chi connectivity index (χ1n) is 3.41. The maximum absolute atomic E-state index is 10.8. The predicted octanol–water partition coefficient (Wildman–Crippen LogP) is -3.63. The van der Waals surface area contributed by atoms with Crippen molar-refractivity contribution in [1.29, 1.82) is 0 Å². The van der Waals surface area contributed by atoms with Gasteiger partial charge in [0, 0.05) is 0 Å². The zero-order valence-electron chi connectivity index (χ0n) is 6.03. The molecule has 1 rings (SSSR count). The molecule has 0 aromatic carbocycles. The maximum atomic E-state index is 10.8. The summed E-state index contributed by atoms with van der Waals surface area (Å²) in [5.41, 5.74) is 0. The molecule has 0 amide bonds. The van der Waals surface area contributed by atoms with Crippen LogP contribution in [0.25, 0.3) is 0 Å². The highest BCUT2D eigenvalue weighted by molar-refractivity contribution is 5.89. The molecule has 5 atom stereocenters. The summed E-state index contributed by atoms with van der Waals surface area (Å²) in [5.74, 6) is -1.08. The van der Waals surface area contributed by atoms with Crippen molar-refractivity contribution in [2.24, 2.45) is 0 Å². The second-order valence-corrected chi connectivity index (χ2v) is 2.76. The van der Waals surface area contributed by atoms with Crippen LogP contribution in [0.1, 0.15) is 0 Å². The first-order chi connectivity index (χ1) is 5.46. The fourth-order valence-electron chi connectivity index (χ4n) is 1.09. The van der Waals surface area contributed by atoms with Crippen molar-refractivity contribution in [3.8, 4) is 0 Å². The molecule has 0 aliphatic heterocycles. The van der Waals surface area contributed by atoms with Gasteiger partial charge in [-0.05, 0) is 0 Å². The number of carbonyl (C=O) groups excluding carboxylic acids is 1. The van der Waals surface area contributed by atoms with E-state index in [1.54, 1.807) is 0 Å². The van der Waals surface area contributed by atoms with Gasteiger partial charge >= 0.3 is 0 Å². The molecule has 12 heavy (non-hydrogen) atoms. The lowest BCUT2D eigenvalue weighted by Gasteiger charge is -2.34. The van der Waals surface area contributed by atoms with Crippen LogP contribution in [-0.2, 0) is 4.79 Å². The SMILES string of the molecule is O=C1C(O)C(O)C(O)[C@H](O)[C@@H]1O. The third-order valence-electron chi connectivity index (χ3n) is 1.93. The van der Waals surface area contributed by atoms with Gasteiger partial charge in [-0.15, -0.1) is 0 Å². The summed E-state index contributed by atoms with van der Waals surface area (Å²) >= 11 is 0. The second kappa shape index (κ2) is 3.08. The number of hydrogen-bond donors (Lipinski definition) is 5. The predicted molar refractivity (Wildman–Crippen MR) is 35.0 cm³/mol. The third kappa shape index (κ3) is 1.23. The molecule has 6 nitrogen and oxygen atoms in total. The Morgan fingerprint density at radius 1 is 0.750 bits per heavy atom. The van der Waals surface area contributed by atoms with Gasteiger partial charge in [-0.1, -0.05) is 0 Å². The Balaban J connectivity index is 2.83. The molecule has 0 spiro atoms. The molecule has 0 saturated heterocycles. The second-order valence-electron chi connectivity index (χ2n) is 2.76. The van der Waals surface area contributed by atoms with Gasteiger partial charge < -0.3 is 25.5 Å². The van der Waals surface area contributed by atoms with E-state index >= 15 is 0 Å². The van der Waals surface area contributed by atoms with E-state index in [9.17, 15) is 4.79 Å². The van der Waals surface area contributed by atoms with Crippen LogP contribution >= 0.6 is 0 Å². The Morgan fingerprint density at radius 3 is 1.42 bits per heavy atom. The molecule has 0 radical (unpaired) electrons. The Hall–Kier alpha value is -0.530. The van der Waals surface area contributed by atoms with Crippen LogP contribution in [0.5, 0.6) is 0 Å². The van der Waals surface area contributed by atoms with Crippen LogP contribution in [0.4, 0.5) is 0 Å². The number of ketones is 1. The average molecular weight is 178 g/mol. The smallest absolute Gasteiger partial charge is 0.195 e. The van der Waals surface area contributed by atoms with Crippen molar-refractivity contribution >= 4 is 5.78 Å². The number of hydrogen-bond acceptors (Lipinski definition) is 6. The zero-order chi connectivity index (χ0) is 9.46. The van der Waals surface area contributed by atoms with Gasteiger partial charge in [0.05, 0.1) is 0 Å². The largest absolute Gasteiger partial charge is 0.387 e. The van der Waals surface area contributed by atoms with E-state index in [1.165, 1.54) is 0 Å². The summed E-state index contributed by atoms with van der Waals surface area (Å²) in [7, 11) is 0. The van der Waals surface area contributed by atoms with Crippen molar-refractivity contribution < 1.29 is 30.3 Å². The van der Waals surface area contributed by atoms with E-state index < -0.39 is 36.3 Å². The molecule has 0 bridgehead atoms. The van der Waals surface area contributed by atoms with E-state index in [0.29, 0.717) is 0 Å². The first kappa shape index (κ1) is 9.56. The van der Waals surface area contributed by atoms with E-state index in [4.69, 9.17) is 25.5 Å². The molecule has 6 heteroatoms. The normalized spacial score (nSPS) is 49.4. The summed E-state index contributed by atoms with van der Waals surface area (Å²) in [6.07, 6.45) is -8.85. The first-order valence-corrected chi connectivity index (χ1v) is 3.41. The van der Waals surface area contributed by atoms with Crippen molar-refractivity contribution in [1.82, 2.24) is 0 Å². The lowest BCUT2D eigenvalue weighted by atomic mass is 9.86. The quantitative estimate of drug-likeness (QED) is 0.261. The van der Waals surface area contributed by atoms with Gasteiger partial charge in [0.25, 0.3) is 0 Å². The molecule has 1 fully saturated rings. The molecule has 3 unspecified atom stereocenters. The topological polar surface area (TPSA) is 118 Å². The molecular formula is C6H10O6. The molecular weight excluding hydrogens is 168 g/mol. The minimum atomic E-state index is -1.83. The summed E-state index contributed by atoms with van der Waals surface area (Å²) < 4.78 is 0. The molecule has 70 valence electrons. The van der Waals surface area contributed by atoms with Crippen LogP contribution < -0.4 is 0 Å². The Morgan fingerprint density at radius 2 is 1.08 bits per heavy atom. The molecule has 0 heterocycles. The molecule has 5 N–H and O–H groups in total. The highest BCUT2D eigenvalue weighted by Crippen LogP contribution is 2.17. The van der Waals surface area contributed by atoms with Crippen molar-refractivity contribution in [2.75, 3.05) is 0 Å². The van der Waals surface area contributed by atoms with Gasteiger partial charge in [0.1, 0.15) is 30.5 Å². The Kier molecular flexibility index (Phi) is 2.45. The summed E-state index contributed by atoms with van der Waals surface area (Å²) in [5, 5.41) is 44.5. The number of aliphatic hydroxyl groups excluding tert-OH is 5. The molecule has 1 saturated carbocycles. The van der Waals surface area contributed by atoms with Crippen molar-refractivity contribution in [3.05, 3.63) is 0 Å².